The molecule has 2 N–H and O–H groups in total. The molecule has 1 fully saturated rings. The molecule has 2 heterocycles. The maximum Gasteiger partial charge on any atom is 0.159 e. The van der Waals surface area contributed by atoms with Crippen molar-refractivity contribution in [3.8, 4) is 0 Å². The third-order valence-electron chi connectivity index (χ3n) is 4.37. The first kappa shape index (κ1) is 16.8. The molecule has 1 aliphatic heterocycles. The van der Waals surface area contributed by atoms with E-state index in [9.17, 15) is 13.9 Å². The topological polar surface area (TPSA) is 48.4 Å². The molecule has 0 radical (unpaired) electrons. The van der Waals surface area contributed by atoms with Gasteiger partial charge < -0.3 is 15.3 Å². The van der Waals surface area contributed by atoms with Gasteiger partial charge in [0.15, 0.2) is 11.6 Å². The lowest BCUT2D eigenvalue weighted by atomic mass is 10.1. The molecule has 0 amide bonds. The molecule has 2 aromatic rings. The molecule has 0 bridgehead atoms. The summed E-state index contributed by atoms with van der Waals surface area (Å²) in [6, 6.07) is 9.29. The van der Waals surface area contributed by atoms with E-state index in [1.807, 2.05) is 18.2 Å². The van der Waals surface area contributed by atoms with Gasteiger partial charge in [0.2, 0.25) is 0 Å². The van der Waals surface area contributed by atoms with Gasteiger partial charge >= 0.3 is 0 Å². The van der Waals surface area contributed by atoms with Crippen molar-refractivity contribution in [2.45, 2.75) is 12.5 Å². The highest BCUT2D eigenvalue weighted by Gasteiger charge is 2.24. The van der Waals surface area contributed by atoms with Crippen LogP contribution in [0.2, 0.25) is 0 Å². The van der Waals surface area contributed by atoms with Crippen molar-refractivity contribution in [2.24, 2.45) is 5.92 Å². The van der Waals surface area contributed by atoms with Crippen LogP contribution >= 0.6 is 0 Å². The summed E-state index contributed by atoms with van der Waals surface area (Å²) in [4.78, 5) is 6.38. The fourth-order valence-electron chi connectivity index (χ4n) is 3.03. The van der Waals surface area contributed by atoms with E-state index < -0.39 is 17.7 Å². The molecule has 3 rings (SSSR count). The number of hydrogen-bond donors (Lipinski definition) is 2. The second kappa shape index (κ2) is 7.68. The van der Waals surface area contributed by atoms with Gasteiger partial charge in [-0.3, -0.25) is 0 Å². The largest absolute Gasteiger partial charge is 0.387 e. The molecule has 0 unspecified atom stereocenters. The number of halogens is 2. The number of likely N-dealkylation sites (tertiary alicyclic amines) is 1. The third kappa shape index (κ3) is 4.27. The maximum atomic E-state index is 13.3. The van der Waals surface area contributed by atoms with Crippen LogP contribution in [-0.2, 0) is 0 Å². The molecule has 4 nitrogen and oxygen atoms in total. The molecule has 0 aliphatic carbocycles. The van der Waals surface area contributed by atoms with E-state index in [1.54, 1.807) is 6.20 Å². The van der Waals surface area contributed by atoms with E-state index >= 15 is 0 Å². The highest BCUT2D eigenvalue weighted by Crippen LogP contribution is 2.22. The number of benzene rings is 1. The molecular formula is C18H21F2N3O. The number of aromatic nitrogens is 1. The fourth-order valence-corrected chi connectivity index (χ4v) is 3.03. The number of aliphatic hydroxyl groups excluding tert-OH is 1. The van der Waals surface area contributed by atoms with Gasteiger partial charge in [0.05, 0.1) is 6.10 Å². The summed E-state index contributed by atoms with van der Waals surface area (Å²) in [6.45, 7) is 3.00. The zero-order chi connectivity index (χ0) is 16.9. The molecule has 1 aromatic carbocycles. The summed E-state index contributed by atoms with van der Waals surface area (Å²) >= 11 is 0. The van der Waals surface area contributed by atoms with Crippen LogP contribution in [0.5, 0.6) is 0 Å². The van der Waals surface area contributed by atoms with Crippen molar-refractivity contribution in [3.63, 3.8) is 0 Å². The Labute approximate surface area is 140 Å². The standard InChI is InChI=1S/C18H21F2N3O/c19-15-5-4-14(9-16(15)20)17(24)12-23-8-6-13(11-23)10-22-18-3-1-2-7-21-18/h1-5,7,9,13,17,24H,6,8,10-12H2,(H,21,22)/t13-,17+/m0/s1. The highest BCUT2D eigenvalue weighted by molar-refractivity contribution is 5.33. The first-order chi connectivity index (χ1) is 11.6. The molecule has 0 spiro atoms. The Bertz CT molecular complexity index is 669. The first-order valence-electron chi connectivity index (χ1n) is 8.12. The molecule has 1 aliphatic rings. The van der Waals surface area contributed by atoms with Crippen LogP contribution in [0.3, 0.4) is 0 Å². The summed E-state index contributed by atoms with van der Waals surface area (Å²) in [5, 5.41) is 13.5. The molecule has 6 heteroatoms. The monoisotopic (exact) mass is 333 g/mol. The number of nitrogens with one attached hydrogen (secondary N) is 1. The lowest BCUT2D eigenvalue weighted by molar-refractivity contribution is 0.124. The van der Waals surface area contributed by atoms with Gasteiger partial charge in [0.25, 0.3) is 0 Å². The number of hydrogen-bond acceptors (Lipinski definition) is 4. The van der Waals surface area contributed by atoms with E-state index in [-0.39, 0.29) is 0 Å². The average Bonchev–Trinajstić information content (AvgIpc) is 3.04. The quantitative estimate of drug-likeness (QED) is 0.853. The first-order valence-corrected chi connectivity index (χ1v) is 8.12. The Morgan fingerprint density at radius 2 is 2.12 bits per heavy atom. The Kier molecular flexibility index (Phi) is 5.37. The zero-order valence-corrected chi connectivity index (χ0v) is 13.3. The molecule has 24 heavy (non-hydrogen) atoms. The van der Waals surface area contributed by atoms with E-state index in [4.69, 9.17) is 0 Å². The SMILES string of the molecule is O[C@H](CN1CC[C@@H](CNc2ccccn2)C1)c1ccc(F)c(F)c1. The second-order valence-corrected chi connectivity index (χ2v) is 6.20. The summed E-state index contributed by atoms with van der Waals surface area (Å²) in [5.41, 5.74) is 0.406. The van der Waals surface area contributed by atoms with Crippen LogP contribution in [0.25, 0.3) is 0 Å². The van der Waals surface area contributed by atoms with Gasteiger partial charge in [-0.25, -0.2) is 13.8 Å². The molecule has 0 saturated carbocycles. The van der Waals surface area contributed by atoms with E-state index in [0.29, 0.717) is 18.0 Å². The number of pyridine rings is 1. The average molecular weight is 333 g/mol. The summed E-state index contributed by atoms with van der Waals surface area (Å²) in [7, 11) is 0. The normalized spacial score (nSPS) is 19.4. The van der Waals surface area contributed by atoms with E-state index in [0.717, 1.165) is 44.0 Å². The van der Waals surface area contributed by atoms with Crippen LogP contribution < -0.4 is 5.32 Å². The number of β-amino-alcohol motifs (C(OH)–C–C–N with tert-alkyl or cyclic N) is 1. The van der Waals surface area contributed by atoms with Gasteiger partial charge in [0.1, 0.15) is 5.82 Å². The van der Waals surface area contributed by atoms with Gasteiger partial charge in [-0.1, -0.05) is 12.1 Å². The van der Waals surface area contributed by atoms with Crippen molar-refractivity contribution in [1.82, 2.24) is 9.88 Å². The minimum absolute atomic E-state index is 0.406. The summed E-state index contributed by atoms with van der Waals surface area (Å²) in [5.74, 6) is -0.486. The van der Waals surface area contributed by atoms with Crippen molar-refractivity contribution in [2.75, 3.05) is 31.5 Å². The van der Waals surface area contributed by atoms with Crippen LogP contribution in [-0.4, -0.2) is 41.2 Å². The molecule has 128 valence electrons. The fraction of sp³-hybridized carbons (Fsp3) is 0.389. The zero-order valence-electron chi connectivity index (χ0n) is 13.3. The number of aliphatic hydroxyl groups is 1. The summed E-state index contributed by atoms with van der Waals surface area (Å²) < 4.78 is 26.2. The lowest BCUT2D eigenvalue weighted by Gasteiger charge is -2.20. The van der Waals surface area contributed by atoms with Crippen molar-refractivity contribution >= 4 is 5.82 Å². The molecular weight excluding hydrogens is 312 g/mol. The predicted octanol–water partition coefficient (Wildman–Crippen LogP) is 2.83. The Morgan fingerprint density at radius 3 is 2.88 bits per heavy atom. The number of rotatable bonds is 6. The van der Waals surface area contributed by atoms with Crippen LogP contribution in [0.15, 0.2) is 42.6 Å². The highest BCUT2D eigenvalue weighted by atomic mass is 19.2. The van der Waals surface area contributed by atoms with Crippen LogP contribution in [0.1, 0.15) is 18.1 Å². The molecule has 2 atom stereocenters. The third-order valence-corrected chi connectivity index (χ3v) is 4.37. The Hall–Kier alpha value is -2.05. The van der Waals surface area contributed by atoms with Crippen LogP contribution in [0, 0.1) is 17.6 Å². The molecule has 1 aromatic heterocycles. The predicted molar refractivity (Wildman–Crippen MR) is 88.6 cm³/mol. The summed E-state index contributed by atoms with van der Waals surface area (Å²) in [6.07, 6.45) is 1.97. The van der Waals surface area contributed by atoms with Crippen molar-refractivity contribution in [1.29, 1.82) is 0 Å². The molecule has 1 saturated heterocycles. The maximum absolute atomic E-state index is 13.3. The minimum Gasteiger partial charge on any atom is -0.387 e. The number of anilines is 1. The van der Waals surface area contributed by atoms with Gasteiger partial charge in [-0.05, 0) is 48.7 Å². The van der Waals surface area contributed by atoms with Crippen LogP contribution in [0.4, 0.5) is 14.6 Å². The van der Waals surface area contributed by atoms with Crippen molar-refractivity contribution in [3.05, 3.63) is 59.8 Å². The lowest BCUT2D eigenvalue weighted by Crippen LogP contribution is -2.27. The smallest absolute Gasteiger partial charge is 0.159 e. The minimum atomic E-state index is -0.926. The number of nitrogens with zero attached hydrogens (tertiary/aromatic N) is 2. The van der Waals surface area contributed by atoms with Crippen molar-refractivity contribution < 1.29 is 13.9 Å². The van der Waals surface area contributed by atoms with E-state index in [2.05, 4.69) is 15.2 Å². The van der Waals surface area contributed by atoms with Gasteiger partial charge in [-0.15, -0.1) is 0 Å². The Balaban J connectivity index is 1.47. The van der Waals surface area contributed by atoms with Gasteiger partial charge in [0, 0.05) is 25.8 Å². The van der Waals surface area contributed by atoms with Gasteiger partial charge in [-0.2, -0.15) is 0 Å². The Morgan fingerprint density at radius 1 is 1.25 bits per heavy atom. The van der Waals surface area contributed by atoms with E-state index in [1.165, 1.54) is 6.07 Å². The second-order valence-electron chi connectivity index (χ2n) is 6.20.